The predicted octanol–water partition coefficient (Wildman–Crippen LogP) is 3.45. The van der Waals surface area contributed by atoms with Crippen molar-refractivity contribution in [2.75, 3.05) is 7.05 Å². The average Bonchev–Trinajstić information content (AvgIpc) is 2.03. The van der Waals surface area contributed by atoms with Crippen LogP contribution in [0, 0.1) is 11.3 Å². The van der Waals surface area contributed by atoms with Crippen LogP contribution in [0.4, 0.5) is 0 Å². The summed E-state index contributed by atoms with van der Waals surface area (Å²) >= 11 is 0. The van der Waals surface area contributed by atoms with Gasteiger partial charge in [-0.15, -0.1) is 0 Å². The van der Waals surface area contributed by atoms with Crippen molar-refractivity contribution in [1.29, 1.82) is 0 Å². The fourth-order valence-corrected chi connectivity index (χ4v) is 1.66. The Morgan fingerprint density at radius 1 is 1.23 bits per heavy atom. The number of nitrogens with one attached hydrogen (secondary N) is 1. The third kappa shape index (κ3) is 6.09. The monoisotopic (exact) mass is 185 g/mol. The van der Waals surface area contributed by atoms with Gasteiger partial charge in [0.25, 0.3) is 0 Å². The lowest BCUT2D eigenvalue weighted by Crippen LogP contribution is -2.30. The van der Waals surface area contributed by atoms with Gasteiger partial charge < -0.3 is 5.32 Å². The molecule has 0 aromatic rings. The van der Waals surface area contributed by atoms with Crippen molar-refractivity contribution >= 4 is 0 Å². The highest BCUT2D eigenvalue weighted by molar-refractivity contribution is 4.72. The molecule has 0 spiro atoms. The molecule has 0 radical (unpaired) electrons. The van der Waals surface area contributed by atoms with E-state index >= 15 is 0 Å². The van der Waals surface area contributed by atoms with Gasteiger partial charge in [0.15, 0.2) is 0 Å². The van der Waals surface area contributed by atoms with Gasteiger partial charge in [-0.25, -0.2) is 0 Å². The fourth-order valence-electron chi connectivity index (χ4n) is 1.66. The van der Waals surface area contributed by atoms with Crippen molar-refractivity contribution in [1.82, 2.24) is 5.32 Å². The topological polar surface area (TPSA) is 12.0 Å². The van der Waals surface area contributed by atoms with E-state index in [1.807, 2.05) is 0 Å². The van der Waals surface area contributed by atoms with Crippen LogP contribution in [0.3, 0.4) is 0 Å². The summed E-state index contributed by atoms with van der Waals surface area (Å²) in [6, 6.07) is 0.660. The molecule has 0 aliphatic carbocycles. The van der Waals surface area contributed by atoms with Crippen molar-refractivity contribution in [3.63, 3.8) is 0 Å². The van der Waals surface area contributed by atoms with Crippen molar-refractivity contribution in [2.45, 2.75) is 59.9 Å². The first-order chi connectivity index (χ1) is 5.90. The first-order valence-corrected chi connectivity index (χ1v) is 5.58. The molecule has 80 valence electrons. The predicted molar refractivity (Wildman–Crippen MR) is 61.0 cm³/mol. The minimum absolute atomic E-state index is 0.487. The molecular weight excluding hydrogens is 158 g/mol. The Morgan fingerprint density at radius 3 is 2.08 bits per heavy atom. The molecule has 0 fully saturated rings. The van der Waals surface area contributed by atoms with Crippen LogP contribution in [0.1, 0.15) is 53.9 Å². The number of rotatable bonds is 5. The minimum atomic E-state index is 0.487. The standard InChI is InChI=1S/C12H27N/c1-7-11(10(2)13-6)8-9-12(3,4)5/h10-11,13H,7-9H2,1-6H3. The van der Waals surface area contributed by atoms with Crippen LogP contribution in [0.2, 0.25) is 0 Å². The summed E-state index contributed by atoms with van der Waals surface area (Å²) in [6.45, 7) is 11.6. The summed E-state index contributed by atoms with van der Waals surface area (Å²) in [5, 5.41) is 3.35. The Hall–Kier alpha value is -0.0400. The fraction of sp³-hybridized carbons (Fsp3) is 1.00. The lowest BCUT2D eigenvalue weighted by molar-refractivity contribution is 0.282. The summed E-state index contributed by atoms with van der Waals surface area (Å²) < 4.78 is 0. The van der Waals surface area contributed by atoms with Crippen LogP contribution < -0.4 is 5.32 Å². The van der Waals surface area contributed by atoms with Crippen LogP contribution in [-0.2, 0) is 0 Å². The third-order valence-corrected chi connectivity index (χ3v) is 2.95. The van der Waals surface area contributed by atoms with Crippen molar-refractivity contribution in [3.8, 4) is 0 Å². The van der Waals surface area contributed by atoms with E-state index < -0.39 is 0 Å². The minimum Gasteiger partial charge on any atom is -0.317 e. The summed E-state index contributed by atoms with van der Waals surface area (Å²) in [5.74, 6) is 0.837. The Balaban J connectivity index is 3.85. The lowest BCUT2D eigenvalue weighted by Gasteiger charge is -2.26. The van der Waals surface area contributed by atoms with E-state index in [2.05, 4.69) is 47.0 Å². The van der Waals surface area contributed by atoms with E-state index in [-0.39, 0.29) is 0 Å². The van der Waals surface area contributed by atoms with E-state index in [0.29, 0.717) is 11.5 Å². The van der Waals surface area contributed by atoms with Crippen LogP contribution in [-0.4, -0.2) is 13.1 Å². The van der Waals surface area contributed by atoms with Gasteiger partial charge in [0.05, 0.1) is 0 Å². The maximum atomic E-state index is 3.35. The summed E-state index contributed by atoms with van der Waals surface area (Å²) in [4.78, 5) is 0. The zero-order valence-electron chi connectivity index (χ0n) is 10.3. The molecule has 0 heterocycles. The Kier molecular flexibility index (Phi) is 5.62. The van der Waals surface area contributed by atoms with Gasteiger partial charge >= 0.3 is 0 Å². The first kappa shape index (κ1) is 13.0. The molecule has 0 aliphatic rings. The second-order valence-corrected chi connectivity index (χ2v) is 5.35. The molecule has 1 nitrogen and oxygen atoms in total. The van der Waals surface area contributed by atoms with Crippen LogP contribution in [0.15, 0.2) is 0 Å². The lowest BCUT2D eigenvalue weighted by atomic mass is 9.83. The van der Waals surface area contributed by atoms with Gasteiger partial charge in [0.2, 0.25) is 0 Å². The molecule has 2 unspecified atom stereocenters. The van der Waals surface area contributed by atoms with Gasteiger partial charge in [-0.05, 0) is 38.1 Å². The second-order valence-electron chi connectivity index (χ2n) is 5.35. The highest BCUT2D eigenvalue weighted by atomic mass is 14.9. The van der Waals surface area contributed by atoms with Gasteiger partial charge in [-0.1, -0.05) is 34.1 Å². The molecule has 1 heteroatoms. The normalized spacial score (nSPS) is 17.1. The van der Waals surface area contributed by atoms with Gasteiger partial charge in [0.1, 0.15) is 0 Å². The van der Waals surface area contributed by atoms with E-state index in [0.717, 1.165) is 5.92 Å². The van der Waals surface area contributed by atoms with Gasteiger partial charge in [-0.2, -0.15) is 0 Å². The van der Waals surface area contributed by atoms with Gasteiger partial charge in [0, 0.05) is 6.04 Å². The quantitative estimate of drug-likeness (QED) is 0.692. The zero-order valence-corrected chi connectivity index (χ0v) is 10.3. The summed E-state index contributed by atoms with van der Waals surface area (Å²) in [7, 11) is 2.06. The molecular formula is C12H27N. The van der Waals surface area contributed by atoms with Crippen molar-refractivity contribution in [3.05, 3.63) is 0 Å². The maximum Gasteiger partial charge on any atom is 0.00638 e. The number of hydrogen-bond donors (Lipinski definition) is 1. The molecule has 0 aromatic carbocycles. The number of hydrogen-bond acceptors (Lipinski definition) is 1. The largest absolute Gasteiger partial charge is 0.317 e. The Bertz CT molecular complexity index is 124. The van der Waals surface area contributed by atoms with E-state index in [9.17, 15) is 0 Å². The third-order valence-electron chi connectivity index (χ3n) is 2.95. The SMILES string of the molecule is CCC(CCC(C)(C)C)C(C)NC. The Labute approximate surface area is 84.3 Å². The molecule has 0 saturated carbocycles. The van der Waals surface area contributed by atoms with E-state index in [1.54, 1.807) is 0 Å². The zero-order chi connectivity index (χ0) is 10.5. The molecule has 0 amide bonds. The molecule has 13 heavy (non-hydrogen) atoms. The van der Waals surface area contributed by atoms with Crippen LogP contribution in [0.5, 0.6) is 0 Å². The average molecular weight is 185 g/mol. The summed E-state index contributed by atoms with van der Waals surface area (Å²) in [6.07, 6.45) is 3.97. The van der Waals surface area contributed by atoms with Crippen molar-refractivity contribution in [2.24, 2.45) is 11.3 Å². The smallest absolute Gasteiger partial charge is 0.00638 e. The molecule has 0 rings (SSSR count). The van der Waals surface area contributed by atoms with E-state index in [4.69, 9.17) is 0 Å². The van der Waals surface area contributed by atoms with Crippen LogP contribution >= 0.6 is 0 Å². The molecule has 0 saturated heterocycles. The molecule has 0 aromatic heterocycles. The molecule has 0 bridgehead atoms. The first-order valence-electron chi connectivity index (χ1n) is 5.58. The molecule has 1 N–H and O–H groups in total. The molecule has 2 atom stereocenters. The van der Waals surface area contributed by atoms with E-state index in [1.165, 1.54) is 19.3 Å². The maximum absolute atomic E-state index is 3.35. The van der Waals surface area contributed by atoms with Crippen molar-refractivity contribution < 1.29 is 0 Å². The highest BCUT2D eigenvalue weighted by Crippen LogP contribution is 2.26. The Morgan fingerprint density at radius 2 is 1.77 bits per heavy atom. The van der Waals surface area contributed by atoms with Gasteiger partial charge in [-0.3, -0.25) is 0 Å². The highest BCUT2D eigenvalue weighted by Gasteiger charge is 2.17. The second kappa shape index (κ2) is 5.64. The summed E-state index contributed by atoms with van der Waals surface area (Å²) in [5.41, 5.74) is 0.487. The van der Waals surface area contributed by atoms with Crippen LogP contribution in [0.25, 0.3) is 0 Å². The molecule has 0 aliphatic heterocycles.